The van der Waals surface area contributed by atoms with Gasteiger partial charge in [0.15, 0.2) is 0 Å². The van der Waals surface area contributed by atoms with Gasteiger partial charge in [0, 0.05) is 31.8 Å². The predicted octanol–water partition coefficient (Wildman–Crippen LogP) is 2.32. The van der Waals surface area contributed by atoms with Crippen LogP contribution >= 0.6 is 11.3 Å². The van der Waals surface area contributed by atoms with Crippen LogP contribution in [0, 0.1) is 19.3 Å². The number of halogens is 1. The number of likely N-dealkylation sites (N-methyl/N-ethyl adjacent to an activating group) is 1. The van der Waals surface area contributed by atoms with Gasteiger partial charge in [0.1, 0.15) is 33.5 Å². The monoisotopic (exact) mass is 597 g/mol. The second kappa shape index (κ2) is 12.2. The summed E-state index contributed by atoms with van der Waals surface area (Å²) in [4.78, 5) is 47.5. The van der Waals surface area contributed by atoms with Gasteiger partial charge in [-0.05, 0) is 31.5 Å². The zero-order valence-corrected chi connectivity index (χ0v) is 24.0. The number of hydrogen-bond donors (Lipinski definition) is 0. The summed E-state index contributed by atoms with van der Waals surface area (Å²) in [5.74, 6) is -0.694. The Morgan fingerprint density at radius 3 is 2.64 bits per heavy atom. The lowest BCUT2D eigenvalue weighted by Crippen LogP contribution is -2.44. The van der Waals surface area contributed by atoms with E-state index in [1.54, 1.807) is 14.0 Å². The van der Waals surface area contributed by atoms with Crippen LogP contribution in [0.1, 0.15) is 29.7 Å². The summed E-state index contributed by atoms with van der Waals surface area (Å²) in [6.07, 6.45) is 2.32. The Morgan fingerprint density at radius 1 is 1.21 bits per heavy atom. The maximum absolute atomic E-state index is 14.5. The highest BCUT2D eigenvalue weighted by Crippen LogP contribution is 2.34. The van der Waals surface area contributed by atoms with E-state index in [0.29, 0.717) is 28.4 Å². The molecule has 1 saturated heterocycles. The van der Waals surface area contributed by atoms with Crippen molar-refractivity contribution in [2.24, 2.45) is 0 Å². The molecule has 5 rings (SSSR count). The molecule has 0 bridgehead atoms. The minimum absolute atomic E-state index is 0.0926. The maximum atomic E-state index is 14.5. The number of hydrogen-bond acceptors (Lipinski definition) is 9. The van der Waals surface area contributed by atoms with Gasteiger partial charge in [-0.3, -0.25) is 19.0 Å². The van der Waals surface area contributed by atoms with Gasteiger partial charge in [0.2, 0.25) is 5.91 Å². The smallest absolute Gasteiger partial charge is 0.357 e. The number of thiophene rings is 1. The Morgan fingerprint density at radius 2 is 1.98 bits per heavy atom. The first-order valence-corrected chi connectivity index (χ1v) is 13.8. The quantitative estimate of drug-likeness (QED) is 0.191. The number of carbonyl (C=O) groups is 1. The summed E-state index contributed by atoms with van der Waals surface area (Å²) in [6, 6.07) is 2.85. The van der Waals surface area contributed by atoms with Gasteiger partial charge in [0.05, 0.1) is 37.5 Å². The number of nitrogens with zero attached hydrogens (tertiary/aromatic N) is 7. The molecule has 1 aromatic carbocycles. The molecule has 3 aromatic heterocycles. The number of aromatic nitrogens is 5. The molecule has 1 aliphatic rings. The molecular formula is C27H28FN7O6S. The maximum Gasteiger partial charge on any atom is 0.357 e. The number of amides is 1. The van der Waals surface area contributed by atoms with Crippen molar-refractivity contribution in [2.45, 2.75) is 32.0 Å². The molecule has 1 aliphatic heterocycles. The van der Waals surface area contributed by atoms with Gasteiger partial charge in [-0.25, -0.2) is 20.3 Å². The van der Waals surface area contributed by atoms with Crippen LogP contribution in [0.3, 0.4) is 0 Å². The van der Waals surface area contributed by atoms with Crippen molar-refractivity contribution < 1.29 is 23.4 Å². The summed E-state index contributed by atoms with van der Waals surface area (Å²) in [5, 5.41) is 9.15. The number of likely N-dealkylation sites (tertiary alicyclic amines) is 1. The van der Waals surface area contributed by atoms with Gasteiger partial charge < -0.3 is 19.1 Å². The summed E-state index contributed by atoms with van der Waals surface area (Å²) >= 11 is 1.14. The largest absolute Gasteiger partial charge is 0.425 e. The highest BCUT2D eigenvalue weighted by Gasteiger charge is 2.35. The molecule has 0 radical (unpaired) electrons. The van der Waals surface area contributed by atoms with E-state index in [9.17, 15) is 18.8 Å². The number of ether oxygens (including phenoxy) is 3. The summed E-state index contributed by atoms with van der Waals surface area (Å²) in [7, 11) is 3.12. The summed E-state index contributed by atoms with van der Waals surface area (Å²) in [6.45, 7) is 9.06. The first kappa shape index (κ1) is 29.1. The molecule has 42 heavy (non-hydrogen) atoms. The van der Waals surface area contributed by atoms with Crippen LogP contribution in [-0.2, 0) is 20.8 Å². The van der Waals surface area contributed by atoms with E-state index in [0.717, 1.165) is 15.9 Å². The molecule has 2 atom stereocenters. The number of benzene rings is 1. The van der Waals surface area contributed by atoms with Crippen molar-refractivity contribution >= 4 is 27.5 Å². The minimum Gasteiger partial charge on any atom is -0.425 e. The highest BCUT2D eigenvalue weighted by molar-refractivity contribution is 7.21. The van der Waals surface area contributed by atoms with Crippen LogP contribution in [0.2, 0.25) is 0 Å². The fourth-order valence-corrected chi connectivity index (χ4v) is 6.25. The second-order valence-electron chi connectivity index (χ2n) is 9.63. The lowest BCUT2D eigenvalue weighted by molar-refractivity contribution is -0.129. The van der Waals surface area contributed by atoms with Crippen LogP contribution in [-0.4, -0.2) is 75.6 Å². The van der Waals surface area contributed by atoms with Crippen LogP contribution in [0.25, 0.3) is 20.1 Å². The number of aryl methyl sites for hydroxylation is 1. The summed E-state index contributed by atoms with van der Waals surface area (Å²) < 4.78 is 33.7. The summed E-state index contributed by atoms with van der Waals surface area (Å²) in [5.41, 5.74) is -0.480. The van der Waals surface area contributed by atoms with Gasteiger partial charge in [0.25, 0.3) is 5.56 Å². The van der Waals surface area contributed by atoms with E-state index in [2.05, 4.69) is 15.0 Å². The van der Waals surface area contributed by atoms with Crippen molar-refractivity contribution in [3.8, 4) is 10.8 Å². The van der Waals surface area contributed by atoms with Crippen molar-refractivity contribution in [2.75, 3.05) is 40.6 Å². The third kappa shape index (κ3) is 5.31. The average Bonchev–Trinajstić information content (AvgIpc) is 3.70. The number of methoxy groups -OCH3 is 1. The van der Waals surface area contributed by atoms with E-state index in [1.165, 1.54) is 52.0 Å². The molecule has 0 spiro atoms. The fraction of sp³-hybridized carbons (Fsp3) is 0.407. The van der Waals surface area contributed by atoms with Crippen LogP contribution in [0.4, 0.5) is 4.39 Å². The molecular weight excluding hydrogens is 569 g/mol. The molecule has 4 heterocycles. The second-order valence-corrected chi connectivity index (χ2v) is 10.6. The molecule has 220 valence electrons. The topological polar surface area (TPSA) is 127 Å². The first-order valence-electron chi connectivity index (χ1n) is 13.0. The highest BCUT2D eigenvalue weighted by atomic mass is 32.1. The Labute approximate surface area is 243 Å². The Hall–Kier alpha value is -4.39. The number of rotatable bonds is 11. The molecule has 1 amide bonds. The predicted molar refractivity (Wildman–Crippen MR) is 150 cm³/mol. The van der Waals surface area contributed by atoms with Gasteiger partial charge >= 0.3 is 12.4 Å². The Bertz CT molecular complexity index is 1770. The van der Waals surface area contributed by atoms with Crippen molar-refractivity contribution in [3.63, 3.8) is 0 Å². The zero-order chi connectivity index (χ0) is 30.0. The molecule has 0 unspecified atom stereocenters. The minimum atomic E-state index is -0.976. The standard InChI is InChI=1S/C27H28FN7O6S/c1-16-22-24(37)34(19-7-10-32(3)23(19)36)27(38)33(26(22)42-25(16)35-30-8-9-31-35)14-21(40-12-11-39-4)18-13-17(28)5-6-20(18)41-15-29-2/h5-6,8-9,13,19,21H,7,10-12,14-15H2,1,3-4H3/t19-,21-/m0/s1. The Kier molecular flexibility index (Phi) is 8.48. The van der Waals surface area contributed by atoms with Gasteiger partial charge in [-0.2, -0.15) is 10.2 Å². The molecule has 4 aromatic rings. The van der Waals surface area contributed by atoms with Crippen molar-refractivity contribution in [3.05, 3.63) is 79.8 Å². The average molecular weight is 598 g/mol. The molecule has 13 nitrogen and oxygen atoms in total. The van der Waals surface area contributed by atoms with E-state index in [1.807, 2.05) is 0 Å². The number of carbonyl (C=O) groups excluding carboxylic acids is 1. The van der Waals surface area contributed by atoms with E-state index in [4.69, 9.17) is 20.8 Å². The molecule has 15 heteroatoms. The first-order chi connectivity index (χ1) is 20.3. The Balaban J connectivity index is 1.74. The molecule has 1 fully saturated rings. The number of fused-ring (bicyclic) bond motifs is 1. The SMILES string of the molecule is [C-]#[N+]COc1ccc(F)cc1[C@H](Cn1c(=O)n([C@H]2CCN(C)C2=O)c(=O)c2c(C)c(-n3nccn3)sc21)OCCOC. The van der Waals surface area contributed by atoms with Crippen LogP contribution in [0.5, 0.6) is 5.75 Å². The van der Waals surface area contributed by atoms with Crippen LogP contribution < -0.4 is 16.0 Å². The van der Waals surface area contributed by atoms with E-state index >= 15 is 0 Å². The van der Waals surface area contributed by atoms with Crippen molar-refractivity contribution in [1.29, 1.82) is 0 Å². The third-order valence-corrected chi connectivity index (χ3v) is 8.37. The normalized spacial score (nSPS) is 15.8. The lowest BCUT2D eigenvalue weighted by Gasteiger charge is -2.23. The lowest BCUT2D eigenvalue weighted by atomic mass is 10.1. The van der Waals surface area contributed by atoms with Gasteiger partial charge in [-0.1, -0.05) is 11.3 Å². The van der Waals surface area contributed by atoms with Gasteiger partial charge in [-0.15, -0.1) is 4.80 Å². The van der Waals surface area contributed by atoms with E-state index in [-0.39, 0.29) is 49.1 Å². The third-order valence-electron chi connectivity index (χ3n) is 7.09. The zero-order valence-electron chi connectivity index (χ0n) is 23.2. The molecule has 0 aliphatic carbocycles. The fourth-order valence-electron chi connectivity index (χ4n) is 5.03. The molecule has 0 saturated carbocycles. The van der Waals surface area contributed by atoms with E-state index < -0.39 is 29.2 Å². The van der Waals surface area contributed by atoms with Crippen molar-refractivity contribution in [1.82, 2.24) is 29.0 Å². The van der Waals surface area contributed by atoms with Crippen LogP contribution in [0.15, 0.2) is 40.2 Å². The molecule has 0 N–H and O–H groups in total.